The Hall–Kier alpha value is -4.15. The summed E-state index contributed by atoms with van der Waals surface area (Å²) in [6, 6.07) is 7.43. The van der Waals surface area contributed by atoms with Crippen molar-refractivity contribution in [2.75, 3.05) is 26.4 Å². The van der Waals surface area contributed by atoms with Gasteiger partial charge in [-0.15, -0.1) is 0 Å². The Kier molecular flexibility index (Phi) is 5.75. The van der Waals surface area contributed by atoms with E-state index < -0.39 is 5.60 Å². The summed E-state index contributed by atoms with van der Waals surface area (Å²) in [4.78, 5) is 22.9. The Labute approximate surface area is 202 Å². The molecule has 0 aromatic carbocycles. The van der Waals surface area contributed by atoms with Gasteiger partial charge in [0.2, 0.25) is 5.95 Å². The fourth-order valence-corrected chi connectivity index (χ4v) is 4.19. The lowest BCUT2D eigenvalue weighted by Crippen LogP contribution is -2.33. The molecule has 35 heavy (non-hydrogen) atoms. The van der Waals surface area contributed by atoms with Crippen LogP contribution in [0.4, 0.5) is 5.95 Å². The van der Waals surface area contributed by atoms with Crippen LogP contribution in [0.2, 0.25) is 0 Å². The van der Waals surface area contributed by atoms with Gasteiger partial charge >= 0.3 is 0 Å². The highest BCUT2D eigenvalue weighted by Crippen LogP contribution is 2.36. The van der Waals surface area contributed by atoms with Crippen LogP contribution in [0.25, 0.3) is 33.4 Å². The molecular weight excluding hydrogens is 442 g/mol. The van der Waals surface area contributed by atoms with E-state index in [0.717, 1.165) is 27.7 Å². The van der Waals surface area contributed by atoms with E-state index in [1.54, 1.807) is 41.5 Å². The van der Waals surface area contributed by atoms with Crippen LogP contribution in [0, 0.1) is 0 Å². The van der Waals surface area contributed by atoms with Crippen LogP contribution in [0.3, 0.4) is 0 Å². The number of aromatic amines is 1. The number of nitrogens with zero attached hydrogens (tertiary/aromatic N) is 7. The predicted octanol–water partition coefficient (Wildman–Crippen LogP) is 2.59. The van der Waals surface area contributed by atoms with E-state index in [9.17, 15) is 5.11 Å². The third-order valence-corrected chi connectivity index (χ3v) is 6.09. The van der Waals surface area contributed by atoms with Gasteiger partial charge in [0, 0.05) is 66.7 Å². The average molecular weight is 470 g/mol. The fourth-order valence-electron chi connectivity index (χ4n) is 4.19. The summed E-state index contributed by atoms with van der Waals surface area (Å²) >= 11 is 0. The van der Waals surface area contributed by atoms with Crippen LogP contribution in [0.1, 0.15) is 17.7 Å². The van der Waals surface area contributed by atoms with Crippen LogP contribution >= 0.6 is 0 Å². The third-order valence-electron chi connectivity index (χ3n) is 6.09. The first-order valence-corrected chi connectivity index (χ1v) is 11.2. The van der Waals surface area contributed by atoms with Gasteiger partial charge < -0.3 is 20.7 Å². The average Bonchev–Trinajstić information content (AvgIpc) is 3.48. The second-order valence-corrected chi connectivity index (χ2v) is 8.87. The largest absolute Gasteiger partial charge is 0.379 e. The van der Waals surface area contributed by atoms with Crippen LogP contribution in [0.15, 0.2) is 61.4 Å². The number of H-pyrrole nitrogens is 1. The molecule has 0 saturated heterocycles. The number of pyridine rings is 2. The molecule has 0 aliphatic carbocycles. The van der Waals surface area contributed by atoms with E-state index in [1.165, 1.54) is 0 Å². The molecule has 10 nitrogen and oxygen atoms in total. The number of rotatable bonds is 7. The minimum Gasteiger partial charge on any atom is -0.379 e. The summed E-state index contributed by atoms with van der Waals surface area (Å²) in [6.07, 6.45) is 11.1. The zero-order valence-corrected chi connectivity index (χ0v) is 19.8. The van der Waals surface area contributed by atoms with Gasteiger partial charge in [-0.1, -0.05) is 0 Å². The minimum absolute atomic E-state index is 0.0838. The molecule has 5 rings (SSSR count). The number of aryl methyl sites for hydroxylation is 1. The Morgan fingerprint density at radius 3 is 2.63 bits per heavy atom. The number of nitrogens with two attached hydrogens (primary N) is 1. The molecule has 5 aromatic heterocycles. The zero-order chi connectivity index (χ0) is 24.6. The fraction of sp³-hybridized carbons (Fsp3) is 0.240. The molecular formula is C25H27N9O. The van der Waals surface area contributed by atoms with Crippen LogP contribution in [-0.2, 0) is 12.6 Å². The van der Waals surface area contributed by atoms with Gasteiger partial charge in [0.1, 0.15) is 11.2 Å². The molecule has 0 saturated carbocycles. The highest BCUT2D eigenvalue weighted by Gasteiger charge is 2.34. The van der Waals surface area contributed by atoms with Crippen LogP contribution in [0.5, 0.6) is 0 Å². The Morgan fingerprint density at radius 1 is 1.11 bits per heavy atom. The molecule has 1 atom stereocenters. The molecule has 178 valence electrons. The quantitative estimate of drug-likeness (QED) is 0.331. The SMILES string of the molecule is CN(C)CCC(O)(c1ccncc1)c1cc(-c2c[nH]c3ncc(-c4cnn(C)c4)cc23)nc(N)n1. The molecule has 0 amide bonds. The van der Waals surface area contributed by atoms with Crippen molar-refractivity contribution in [1.29, 1.82) is 0 Å². The van der Waals surface area contributed by atoms with Gasteiger partial charge in [0.05, 0.1) is 17.6 Å². The summed E-state index contributed by atoms with van der Waals surface area (Å²) in [5.41, 5.74) is 9.97. The number of hydrogen-bond acceptors (Lipinski definition) is 8. The monoisotopic (exact) mass is 469 g/mol. The number of hydrogen-bond donors (Lipinski definition) is 3. The van der Waals surface area contributed by atoms with Crippen molar-refractivity contribution in [2.24, 2.45) is 7.05 Å². The molecule has 1 unspecified atom stereocenters. The summed E-state index contributed by atoms with van der Waals surface area (Å²) in [6.45, 7) is 0.642. The Bertz CT molecular complexity index is 1480. The van der Waals surface area contributed by atoms with Crippen molar-refractivity contribution in [2.45, 2.75) is 12.0 Å². The third kappa shape index (κ3) is 4.36. The molecule has 0 radical (unpaired) electrons. The maximum absolute atomic E-state index is 11.9. The van der Waals surface area contributed by atoms with Crippen LogP contribution < -0.4 is 5.73 Å². The van der Waals surface area contributed by atoms with E-state index in [-0.39, 0.29) is 5.95 Å². The number of nitrogen functional groups attached to an aromatic ring is 1. The van der Waals surface area contributed by atoms with E-state index in [4.69, 9.17) is 5.73 Å². The maximum atomic E-state index is 11.9. The Balaban J connectivity index is 1.63. The van der Waals surface area contributed by atoms with E-state index in [2.05, 4.69) is 30.0 Å². The van der Waals surface area contributed by atoms with Gasteiger partial charge in [-0.2, -0.15) is 5.10 Å². The summed E-state index contributed by atoms with van der Waals surface area (Å²) in [5.74, 6) is 0.0838. The van der Waals surface area contributed by atoms with Crippen molar-refractivity contribution in [3.8, 4) is 22.4 Å². The standard InChI is InChI=1S/C25H27N9O/c1-33(2)9-6-25(35,18-4-7-27-8-5-18)22-11-21(31-24(26)32-22)20-14-29-23-19(20)10-16(12-28-23)17-13-30-34(3)15-17/h4-5,7-8,10-15,35H,6,9H2,1-3H3,(H,28,29)(H2,26,31,32). The number of aliphatic hydroxyl groups is 1. The van der Waals surface area contributed by atoms with Crippen molar-refractivity contribution in [1.82, 2.24) is 39.6 Å². The van der Waals surface area contributed by atoms with Crippen molar-refractivity contribution >= 4 is 17.0 Å². The highest BCUT2D eigenvalue weighted by atomic mass is 16.3. The number of aromatic nitrogens is 7. The number of nitrogens with one attached hydrogen (secondary N) is 1. The second-order valence-electron chi connectivity index (χ2n) is 8.87. The minimum atomic E-state index is -1.37. The predicted molar refractivity (Wildman–Crippen MR) is 134 cm³/mol. The first-order valence-electron chi connectivity index (χ1n) is 11.2. The molecule has 0 aliphatic heterocycles. The zero-order valence-electron chi connectivity index (χ0n) is 19.8. The molecule has 5 aromatic rings. The van der Waals surface area contributed by atoms with Gasteiger partial charge in [-0.25, -0.2) is 15.0 Å². The van der Waals surface area contributed by atoms with E-state index >= 15 is 0 Å². The molecule has 5 heterocycles. The molecule has 0 fully saturated rings. The van der Waals surface area contributed by atoms with E-state index in [0.29, 0.717) is 29.9 Å². The molecule has 0 aliphatic rings. The lowest BCUT2D eigenvalue weighted by atomic mass is 9.86. The van der Waals surface area contributed by atoms with Gasteiger partial charge in [0.15, 0.2) is 0 Å². The lowest BCUT2D eigenvalue weighted by Gasteiger charge is -2.30. The summed E-state index contributed by atoms with van der Waals surface area (Å²) in [7, 11) is 5.81. The summed E-state index contributed by atoms with van der Waals surface area (Å²) < 4.78 is 1.75. The number of anilines is 1. The van der Waals surface area contributed by atoms with Crippen molar-refractivity contribution < 1.29 is 5.11 Å². The van der Waals surface area contributed by atoms with Crippen molar-refractivity contribution in [3.05, 3.63) is 72.7 Å². The summed E-state index contributed by atoms with van der Waals surface area (Å²) in [5, 5.41) is 17.1. The normalized spacial score (nSPS) is 13.4. The molecule has 10 heteroatoms. The highest BCUT2D eigenvalue weighted by molar-refractivity contribution is 5.95. The first-order chi connectivity index (χ1) is 16.8. The van der Waals surface area contributed by atoms with E-state index in [1.807, 2.05) is 50.7 Å². The maximum Gasteiger partial charge on any atom is 0.220 e. The van der Waals surface area contributed by atoms with Crippen molar-refractivity contribution in [3.63, 3.8) is 0 Å². The number of fused-ring (bicyclic) bond motifs is 1. The molecule has 4 N–H and O–H groups in total. The Morgan fingerprint density at radius 2 is 1.91 bits per heavy atom. The van der Waals surface area contributed by atoms with Gasteiger partial charge in [-0.3, -0.25) is 9.67 Å². The second kappa shape index (κ2) is 8.90. The first kappa shape index (κ1) is 22.6. The van der Waals surface area contributed by atoms with Gasteiger partial charge in [0.25, 0.3) is 0 Å². The topological polar surface area (TPSA) is 135 Å². The van der Waals surface area contributed by atoms with Gasteiger partial charge in [-0.05, 0) is 50.3 Å². The smallest absolute Gasteiger partial charge is 0.220 e. The lowest BCUT2D eigenvalue weighted by molar-refractivity contribution is 0.0585. The molecule has 0 bridgehead atoms. The van der Waals surface area contributed by atoms with Crippen LogP contribution in [-0.4, -0.2) is 65.3 Å². The molecule has 0 spiro atoms.